The van der Waals surface area contributed by atoms with Gasteiger partial charge in [-0.25, -0.2) is 4.79 Å². The van der Waals surface area contributed by atoms with E-state index in [4.69, 9.17) is 14.6 Å². The third-order valence-electron chi connectivity index (χ3n) is 6.77. The summed E-state index contributed by atoms with van der Waals surface area (Å²) in [6, 6.07) is 20.2. The maximum atomic E-state index is 12.8. The number of ether oxygens (including phenoxy) is 2. The van der Waals surface area contributed by atoms with E-state index in [2.05, 4.69) is 12.1 Å². The zero-order valence-electron chi connectivity index (χ0n) is 19.7. The summed E-state index contributed by atoms with van der Waals surface area (Å²) in [5.74, 6) is 0.294. The van der Waals surface area contributed by atoms with Gasteiger partial charge in [-0.1, -0.05) is 36.4 Å². The number of hydrazone groups is 1. The van der Waals surface area contributed by atoms with Crippen LogP contribution in [0.3, 0.4) is 0 Å². The molecule has 0 saturated heterocycles. The Morgan fingerprint density at radius 2 is 1.75 bits per heavy atom. The monoisotopic (exact) mass is 494 g/mol. The molecule has 0 bridgehead atoms. The van der Waals surface area contributed by atoms with Crippen LogP contribution in [0.25, 0.3) is 0 Å². The normalized spacial score (nSPS) is 18.8. The summed E-state index contributed by atoms with van der Waals surface area (Å²) in [6.07, 6.45) is -2.54. The van der Waals surface area contributed by atoms with Crippen molar-refractivity contribution in [1.29, 1.82) is 0 Å². The minimum atomic E-state index is -4.46. The van der Waals surface area contributed by atoms with E-state index in [-0.39, 0.29) is 24.1 Å². The molecule has 2 atom stereocenters. The van der Waals surface area contributed by atoms with Crippen LogP contribution in [0.15, 0.2) is 77.9 Å². The van der Waals surface area contributed by atoms with Crippen molar-refractivity contribution in [3.63, 3.8) is 0 Å². The molecule has 1 aliphatic carbocycles. The highest BCUT2D eigenvalue weighted by atomic mass is 19.4. The molecule has 0 unspecified atom stereocenters. The smallest absolute Gasteiger partial charge is 0.416 e. The van der Waals surface area contributed by atoms with Crippen molar-refractivity contribution in [2.24, 2.45) is 11.0 Å². The summed E-state index contributed by atoms with van der Waals surface area (Å²) < 4.78 is 49.1. The first kappa shape index (κ1) is 23.9. The van der Waals surface area contributed by atoms with Gasteiger partial charge in [0.05, 0.1) is 36.5 Å². The molecule has 0 spiro atoms. The van der Waals surface area contributed by atoms with E-state index in [9.17, 15) is 18.0 Å². The number of halogens is 3. The van der Waals surface area contributed by atoms with Crippen molar-refractivity contribution in [3.8, 4) is 5.75 Å². The van der Waals surface area contributed by atoms with Crippen molar-refractivity contribution in [2.75, 3.05) is 20.3 Å². The lowest BCUT2D eigenvalue weighted by Gasteiger charge is -2.30. The average Bonchev–Trinajstić information content (AvgIpc) is 3.27. The van der Waals surface area contributed by atoms with Gasteiger partial charge in [0.1, 0.15) is 12.4 Å². The Labute approximate surface area is 207 Å². The standard InChI is InChI=1S/C28H25F3N2O3/c1-35-22-13-8-19(9-14-22)26-24-15-10-18-4-2-3-5-23(18)25(24)32-33(26)16-17-36-27(34)20-6-11-21(12-7-20)28(29,30)31/h2-9,11-14,24,26H,10,15-17H2,1H3/t24-,26-/m1/s1. The predicted molar refractivity (Wildman–Crippen MR) is 129 cm³/mol. The number of fused-ring (bicyclic) bond motifs is 3. The van der Waals surface area contributed by atoms with Gasteiger partial charge < -0.3 is 9.47 Å². The summed E-state index contributed by atoms with van der Waals surface area (Å²) in [4.78, 5) is 12.4. The first-order valence-electron chi connectivity index (χ1n) is 11.8. The van der Waals surface area contributed by atoms with Gasteiger partial charge in [0.25, 0.3) is 0 Å². The number of hydrogen-bond acceptors (Lipinski definition) is 5. The molecule has 36 heavy (non-hydrogen) atoms. The highest BCUT2D eigenvalue weighted by Crippen LogP contribution is 2.43. The van der Waals surface area contributed by atoms with Crippen molar-refractivity contribution >= 4 is 11.7 Å². The molecule has 3 aromatic rings. The van der Waals surface area contributed by atoms with Gasteiger partial charge in [-0.15, -0.1) is 0 Å². The van der Waals surface area contributed by atoms with E-state index in [0.29, 0.717) is 6.54 Å². The summed E-state index contributed by atoms with van der Waals surface area (Å²) >= 11 is 0. The Bertz CT molecular complexity index is 1270. The topological polar surface area (TPSA) is 51.1 Å². The Balaban J connectivity index is 1.33. The number of carbonyl (C=O) groups is 1. The number of esters is 1. The predicted octanol–water partition coefficient (Wildman–Crippen LogP) is 5.89. The number of nitrogens with zero attached hydrogens (tertiary/aromatic N) is 2. The van der Waals surface area contributed by atoms with Crippen LogP contribution in [-0.4, -0.2) is 37.0 Å². The molecule has 5 rings (SSSR count). The van der Waals surface area contributed by atoms with E-state index >= 15 is 0 Å². The fourth-order valence-electron chi connectivity index (χ4n) is 4.98. The largest absolute Gasteiger partial charge is 0.497 e. The van der Waals surface area contributed by atoms with Gasteiger partial charge in [-0.05, 0) is 60.4 Å². The molecule has 0 radical (unpaired) electrons. The maximum Gasteiger partial charge on any atom is 0.416 e. The molecule has 0 N–H and O–H groups in total. The number of benzene rings is 3. The fourth-order valence-corrected chi connectivity index (χ4v) is 4.98. The summed E-state index contributed by atoms with van der Waals surface area (Å²) in [7, 11) is 1.63. The fraction of sp³-hybridized carbons (Fsp3) is 0.286. The number of alkyl halides is 3. The van der Waals surface area contributed by atoms with Gasteiger partial charge in [-0.3, -0.25) is 5.01 Å². The van der Waals surface area contributed by atoms with E-state index in [1.165, 1.54) is 5.56 Å². The number of aryl methyl sites for hydroxylation is 1. The van der Waals surface area contributed by atoms with E-state index in [0.717, 1.165) is 59.7 Å². The number of methoxy groups -OCH3 is 1. The molecule has 186 valence electrons. The molecular formula is C28H25F3N2O3. The van der Waals surface area contributed by atoms with Crippen molar-refractivity contribution in [3.05, 3.63) is 101 Å². The van der Waals surface area contributed by atoms with Crippen LogP contribution < -0.4 is 4.74 Å². The number of rotatable bonds is 6. The van der Waals surface area contributed by atoms with Crippen LogP contribution in [-0.2, 0) is 17.3 Å². The molecule has 8 heteroatoms. The summed E-state index contributed by atoms with van der Waals surface area (Å²) in [6.45, 7) is 0.406. The van der Waals surface area contributed by atoms with E-state index < -0.39 is 17.7 Å². The van der Waals surface area contributed by atoms with Crippen molar-refractivity contribution in [1.82, 2.24) is 5.01 Å². The third-order valence-corrected chi connectivity index (χ3v) is 6.77. The Hall–Kier alpha value is -3.81. The molecular weight excluding hydrogens is 469 g/mol. The molecule has 0 amide bonds. The van der Waals surface area contributed by atoms with Crippen LogP contribution in [0.2, 0.25) is 0 Å². The molecule has 0 fully saturated rings. The summed E-state index contributed by atoms with van der Waals surface area (Å²) in [5.41, 5.74) is 3.81. The molecule has 1 aliphatic heterocycles. The molecule has 5 nitrogen and oxygen atoms in total. The minimum absolute atomic E-state index is 0.0240. The lowest BCUT2D eigenvalue weighted by atomic mass is 9.77. The van der Waals surface area contributed by atoms with Crippen molar-refractivity contribution in [2.45, 2.75) is 25.1 Å². The second-order valence-corrected chi connectivity index (χ2v) is 8.88. The van der Waals surface area contributed by atoms with Crippen LogP contribution in [0.5, 0.6) is 5.75 Å². The van der Waals surface area contributed by atoms with E-state index in [1.807, 2.05) is 41.4 Å². The SMILES string of the molecule is COc1ccc([C@@H]2[C@@H]3CCc4ccccc4C3=NN2CCOC(=O)c2ccc(C(F)(F)F)cc2)cc1. The molecule has 1 heterocycles. The van der Waals surface area contributed by atoms with Gasteiger partial charge >= 0.3 is 12.1 Å². The summed E-state index contributed by atoms with van der Waals surface area (Å²) in [5, 5.41) is 6.92. The van der Waals surface area contributed by atoms with Gasteiger partial charge in [0.15, 0.2) is 0 Å². The lowest BCUT2D eigenvalue weighted by molar-refractivity contribution is -0.137. The molecule has 3 aromatic carbocycles. The van der Waals surface area contributed by atoms with Gasteiger partial charge in [0, 0.05) is 11.5 Å². The molecule has 2 aliphatic rings. The Kier molecular flexibility index (Phi) is 6.43. The second kappa shape index (κ2) is 9.68. The van der Waals surface area contributed by atoms with Crippen LogP contribution in [0.4, 0.5) is 13.2 Å². The quantitative estimate of drug-likeness (QED) is 0.401. The maximum absolute atomic E-state index is 12.8. The highest BCUT2D eigenvalue weighted by Gasteiger charge is 2.41. The van der Waals surface area contributed by atoms with Crippen LogP contribution in [0.1, 0.15) is 45.1 Å². The highest BCUT2D eigenvalue weighted by molar-refractivity contribution is 6.05. The van der Waals surface area contributed by atoms with Gasteiger partial charge in [-0.2, -0.15) is 18.3 Å². The van der Waals surface area contributed by atoms with Crippen LogP contribution in [0, 0.1) is 5.92 Å². The van der Waals surface area contributed by atoms with Crippen LogP contribution >= 0.6 is 0 Å². The average molecular weight is 495 g/mol. The zero-order chi connectivity index (χ0) is 25.3. The second-order valence-electron chi connectivity index (χ2n) is 8.88. The Morgan fingerprint density at radius 3 is 2.44 bits per heavy atom. The van der Waals surface area contributed by atoms with Gasteiger partial charge in [0.2, 0.25) is 0 Å². The molecule has 0 aromatic heterocycles. The Morgan fingerprint density at radius 1 is 1.03 bits per heavy atom. The van der Waals surface area contributed by atoms with E-state index in [1.54, 1.807) is 7.11 Å². The minimum Gasteiger partial charge on any atom is -0.497 e. The third kappa shape index (κ3) is 4.67. The number of carbonyl (C=O) groups excluding carboxylic acids is 1. The first-order chi connectivity index (χ1) is 17.3. The first-order valence-corrected chi connectivity index (χ1v) is 11.8. The van der Waals surface area contributed by atoms with Crippen molar-refractivity contribution < 1.29 is 27.4 Å². The zero-order valence-corrected chi connectivity index (χ0v) is 19.7. The number of hydrogen-bond donors (Lipinski definition) is 0. The lowest BCUT2D eigenvalue weighted by Crippen LogP contribution is -2.30. The molecule has 0 saturated carbocycles.